The van der Waals surface area contributed by atoms with Gasteiger partial charge in [-0.1, -0.05) is 90.6 Å². The second-order valence-corrected chi connectivity index (χ2v) is 14.2. The molecule has 0 N–H and O–H groups in total. The van der Waals surface area contributed by atoms with Crippen LogP contribution in [0.1, 0.15) is 25.0 Å². The van der Waals surface area contributed by atoms with Crippen molar-refractivity contribution in [1.29, 1.82) is 0 Å². The van der Waals surface area contributed by atoms with Crippen LogP contribution in [0.15, 0.2) is 102 Å². The highest BCUT2D eigenvalue weighted by molar-refractivity contribution is 8.50. The van der Waals surface area contributed by atoms with Crippen LogP contribution in [0.2, 0.25) is 0 Å². The topological polar surface area (TPSA) is 0 Å². The zero-order valence-corrected chi connectivity index (χ0v) is 18.6. The van der Waals surface area contributed by atoms with E-state index in [2.05, 4.69) is 117 Å². The second-order valence-electron chi connectivity index (χ2n) is 7.75. The van der Waals surface area contributed by atoms with Gasteiger partial charge in [-0.25, -0.2) is 0 Å². The van der Waals surface area contributed by atoms with Gasteiger partial charge in [-0.2, -0.15) is 0 Å². The fourth-order valence-electron chi connectivity index (χ4n) is 5.04. The maximum absolute atomic E-state index is 6.69. The molecule has 3 heteroatoms. The van der Waals surface area contributed by atoms with E-state index in [1.807, 2.05) is 0 Å². The summed E-state index contributed by atoms with van der Waals surface area (Å²) in [6.45, 7) is 2.82. The molecule has 2 aliphatic rings. The Morgan fingerprint density at radius 3 is 1.68 bits per heavy atom. The van der Waals surface area contributed by atoms with Crippen molar-refractivity contribution in [3.63, 3.8) is 0 Å². The highest BCUT2D eigenvalue weighted by atomic mass is 32.7. The molecular formula is C25H23PS2. The van der Waals surface area contributed by atoms with E-state index in [4.69, 9.17) is 12.2 Å². The van der Waals surface area contributed by atoms with Crippen molar-refractivity contribution in [3.05, 3.63) is 113 Å². The number of allylic oxidation sites excluding steroid dienone is 1. The molecule has 0 amide bonds. The summed E-state index contributed by atoms with van der Waals surface area (Å²) in [5.74, 6) is 0. The lowest BCUT2D eigenvalue weighted by molar-refractivity contribution is 0.740. The summed E-state index contributed by atoms with van der Waals surface area (Å²) in [7, 11) is 0. The van der Waals surface area contributed by atoms with Gasteiger partial charge in [0.15, 0.2) is 0 Å². The molecule has 3 aromatic carbocycles. The third-order valence-electron chi connectivity index (χ3n) is 6.38. The molecule has 2 bridgehead atoms. The van der Waals surface area contributed by atoms with Crippen LogP contribution in [0, 0.1) is 0 Å². The Kier molecular flexibility index (Phi) is 4.51. The Morgan fingerprint density at radius 1 is 0.714 bits per heavy atom. The van der Waals surface area contributed by atoms with Gasteiger partial charge in [0.25, 0.3) is 0 Å². The van der Waals surface area contributed by atoms with Gasteiger partial charge in [0, 0.05) is 0 Å². The predicted octanol–water partition coefficient (Wildman–Crippen LogP) is 6.53. The van der Waals surface area contributed by atoms with Crippen molar-refractivity contribution < 1.29 is 0 Å². The summed E-state index contributed by atoms with van der Waals surface area (Å²) in [6.07, 6.45) is 0. The number of fused-ring (bicyclic) bond motifs is 2. The summed E-state index contributed by atoms with van der Waals surface area (Å²) in [5.41, 5.74) is 6.16. The molecule has 5 rings (SSSR count). The summed E-state index contributed by atoms with van der Waals surface area (Å²) < 4.78 is -0.109. The molecule has 0 saturated carbocycles. The Labute approximate surface area is 178 Å². The standard InChI is InChI=1S/C25H23PS2/c1-18-19(2)24-26(27,22-16-10-5-11-17-22)23(18)25(28-24,20-12-6-3-7-13-20)21-14-8-4-9-15-21/h3-17,23-24H,1-2H3/t23-,24-,26?/m1/s1. The van der Waals surface area contributed by atoms with E-state index in [-0.39, 0.29) is 4.75 Å². The molecule has 3 aromatic rings. The zero-order chi connectivity index (χ0) is 19.4. The van der Waals surface area contributed by atoms with Crippen LogP contribution in [0.5, 0.6) is 0 Å². The maximum atomic E-state index is 6.69. The monoisotopic (exact) mass is 418 g/mol. The quantitative estimate of drug-likeness (QED) is 0.270. The van der Waals surface area contributed by atoms with Crippen LogP contribution >= 0.6 is 18.2 Å². The Hall–Kier alpha value is -1.47. The molecule has 0 aliphatic carbocycles. The van der Waals surface area contributed by atoms with Crippen LogP contribution in [0.25, 0.3) is 0 Å². The normalized spacial score (nSPS) is 28.0. The molecule has 28 heavy (non-hydrogen) atoms. The largest absolute Gasteiger partial charge is 0.549 e. The summed E-state index contributed by atoms with van der Waals surface area (Å²) >= 11 is 8.81. The number of benzene rings is 3. The van der Waals surface area contributed by atoms with Crippen LogP contribution in [-0.4, -0.2) is 10.7 Å². The van der Waals surface area contributed by atoms with Gasteiger partial charge in [0.2, 0.25) is 0 Å². The van der Waals surface area contributed by atoms with Crippen molar-refractivity contribution >= 4 is 35.8 Å². The van der Waals surface area contributed by atoms with Gasteiger partial charge in [-0.05, 0) is 54.7 Å². The van der Waals surface area contributed by atoms with Crippen molar-refractivity contribution in [3.8, 4) is 0 Å². The van der Waals surface area contributed by atoms with Crippen molar-refractivity contribution in [2.24, 2.45) is 0 Å². The van der Waals surface area contributed by atoms with Gasteiger partial charge in [-0.3, -0.25) is 0 Å². The minimum Gasteiger partial charge on any atom is -0.549 e. The predicted molar refractivity (Wildman–Crippen MR) is 128 cm³/mol. The number of hydrogen-bond donors (Lipinski definition) is 0. The number of thioether (sulfide) groups is 1. The molecule has 140 valence electrons. The van der Waals surface area contributed by atoms with E-state index in [1.165, 1.54) is 27.6 Å². The van der Waals surface area contributed by atoms with Crippen LogP contribution in [0.4, 0.5) is 0 Å². The van der Waals surface area contributed by atoms with E-state index in [0.29, 0.717) is 10.7 Å². The molecule has 1 saturated heterocycles. The minimum absolute atomic E-state index is 0.109. The van der Waals surface area contributed by atoms with E-state index in [1.54, 1.807) is 0 Å². The van der Waals surface area contributed by atoms with E-state index >= 15 is 0 Å². The highest BCUT2D eigenvalue weighted by Gasteiger charge is 2.69. The molecule has 0 spiro atoms. The lowest BCUT2D eigenvalue weighted by atomic mass is 9.83. The van der Waals surface area contributed by atoms with E-state index in [0.717, 1.165) is 0 Å². The Bertz CT molecular complexity index is 990. The minimum atomic E-state index is -1.84. The van der Waals surface area contributed by atoms with Crippen LogP contribution < -0.4 is 5.30 Å². The highest BCUT2D eigenvalue weighted by Crippen LogP contribution is 2.87. The lowest BCUT2D eigenvalue weighted by Gasteiger charge is -2.40. The van der Waals surface area contributed by atoms with Crippen molar-refractivity contribution in [2.75, 3.05) is 0 Å². The molecule has 0 nitrogen and oxygen atoms in total. The number of rotatable bonds is 3. The molecule has 0 aromatic heterocycles. The Morgan fingerprint density at radius 2 is 1.18 bits per heavy atom. The average Bonchev–Trinajstić information content (AvgIpc) is 3.15. The summed E-state index contributed by atoms with van der Waals surface area (Å²) in [6, 6.07) is 33.1. The maximum Gasteiger partial charge on any atom is 0.122 e. The molecule has 2 aliphatic heterocycles. The second kappa shape index (κ2) is 6.80. The zero-order valence-electron chi connectivity index (χ0n) is 16.1. The smallest absolute Gasteiger partial charge is 0.122 e. The lowest BCUT2D eigenvalue weighted by Crippen LogP contribution is -2.37. The summed E-state index contributed by atoms with van der Waals surface area (Å²) in [5, 5.41) is 1.39. The first-order valence-electron chi connectivity index (χ1n) is 9.71. The Balaban J connectivity index is 1.81. The van der Waals surface area contributed by atoms with Crippen molar-refractivity contribution in [2.45, 2.75) is 29.2 Å². The van der Waals surface area contributed by atoms with Gasteiger partial charge in [0.05, 0.1) is 5.30 Å². The molecule has 1 fully saturated rings. The first kappa shape index (κ1) is 18.6. The molecule has 1 unspecified atom stereocenters. The number of hydrogen-bond acceptors (Lipinski definition) is 2. The van der Waals surface area contributed by atoms with Gasteiger partial charge in [0.1, 0.15) is 15.4 Å². The van der Waals surface area contributed by atoms with Crippen molar-refractivity contribution in [1.82, 2.24) is 0 Å². The molecule has 2 heterocycles. The molecule has 0 radical (unpaired) electrons. The fraction of sp³-hybridized carbons (Fsp3) is 0.200. The SMILES string of the molecule is CC1=C(C)[C@@H]2C(c3ccccc3)(c3ccccc3)S[C@H]1[P+]2([S-])c1ccccc1. The molecular weight excluding hydrogens is 395 g/mol. The molecule has 3 atom stereocenters. The van der Waals surface area contributed by atoms with Crippen LogP contribution in [0.3, 0.4) is 0 Å². The first-order valence-corrected chi connectivity index (χ1v) is 13.5. The first-order chi connectivity index (χ1) is 13.6. The van der Waals surface area contributed by atoms with Crippen LogP contribution in [-0.2, 0) is 17.0 Å². The fourth-order valence-corrected chi connectivity index (χ4v) is 15.4. The third-order valence-corrected chi connectivity index (χ3v) is 15.6. The van der Waals surface area contributed by atoms with E-state index in [9.17, 15) is 0 Å². The van der Waals surface area contributed by atoms with E-state index < -0.39 is 6.46 Å². The van der Waals surface area contributed by atoms with Gasteiger partial charge >= 0.3 is 0 Å². The van der Waals surface area contributed by atoms with Gasteiger partial charge in [-0.15, -0.1) is 0 Å². The average molecular weight is 419 g/mol. The summed E-state index contributed by atoms with van der Waals surface area (Å²) in [4.78, 5) is 0.412. The van der Waals surface area contributed by atoms with Gasteiger partial charge < -0.3 is 12.2 Å². The third kappa shape index (κ3) is 2.38.